The van der Waals surface area contributed by atoms with Crippen molar-refractivity contribution in [1.82, 2.24) is 10.9 Å². The molecule has 0 heterocycles. The van der Waals surface area contributed by atoms with Crippen LogP contribution in [0.3, 0.4) is 0 Å². The normalized spacial score (nSPS) is 10.1. The fourth-order valence-corrected chi connectivity index (χ4v) is 2.39. The summed E-state index contributed by atoms with van der Waals surface area (Å²) < 4.78 is 0. The Morgan fingerprint density at radius 3 is 2.11 bits per heavy atom. The highest BCUT2D eigenvalue weighted by Crippen LogP contribution is 2.14. The third kappa shape index (κ3) is 5.66. The predicted molar refractivity (Wildman–Crippen MR) is 103 cm³/mol. The van der Waals surface area contributed by atoms with E-state index in [1.54, 1.807) is 6.07 Å². The van der Waals surface area contributed by atoms with Gasteiger partial charge in [-0.3, -0.25) is 25.2 Å². The van der Waals surface area contributed by atoms with Gasteiger partial charge in [0.2, 0.25) is 11.8 Å². The Morgan fingerprint density at radius 2 is 1.46 bits per heavy atom. The van der Waals surface area contributed by atoms with Crippen molar-refractivity contribution in [2.75, 3.05) is 5.32 Å². The lowest BCUT2D eigenvalue weighted by Crippen LogP contribution is -2.42. The predicted octanol–water partition coefficient (Wildman–Crippen LogP) is 2.18. The number of hydrazine groups is 1. The zero-order valence-electron chi connectivity index (χ0n) is 15.5. The molecule has 8 nitrogen and oxygen atoms in total. The van der Waals surface area contributed by atoms with Crippen molar-refractivity contribution in [3.63, 3.8) is 0 Å². The van der Waals surface area contributed by atoms with Crippen molar-refractivity contribution in [2.45, 2.75) is 26.7 Å². The molecule has 3 amide bonds. The summed E-state index contributed by atoms with van der Waals surface area (Å²) in [5.41, 5.74) is 6.86. The van der Waals surface area contributed by atoms with E-state index >= 15 is 0 Å². The van der Waals surface area contributed by atoms with Crippen molar-refractivity contribution in [3.05, 3.63) is 64.7 Å². The highest BCUT2D eigenvalue weighted by atomic mass is 16.4. The molecular weight excluding hydrogens is 362 g/mol. The molecule has 0 atom stereocenters. The number of aromatic carboxylic acids is 1. The number of hydrogen-bond donors (Lipinski definition) is 4. The van der Waals surface area contributed by atoms with Crippen LogP contribution < -0.4 is 16.2 Å². The number of benzene rings is 2. The van der Waals surface area contributed by atoms with E-state index in [1.807, 2.05) is 26.0 Å². The fraction of sp³-hybridized carbons (Fsp3) is 0.200. The lowest BCUT2D eigenvalue weighted by molar-refractivity contribution is -0.124. The Hall–Kier alpha value is -3.68. The Labute approximate surface area is 161 Å². The summed E-state index contributed by atoms with van der Waals surface area (Å²) >= 11 is 0. The van der Waals surface area contributed by atoms with Gasteiger partial charge < -0.3 is 10.4 Å². The fourth-order valence-electron chi connectivity index (χ4n) is 2.39. The largest absolute Gasteiger partial charge is 0.478 e. The van der Waals surface area contributed by atoms with Gasteiger partial charge in [-0.1, -0.05) is 18.2 Å². The van der Waals surface area contributed by atoms with Crippen molar-refractivity contribution in [1.29, 1.82) is 0 Å². The first-order valence-electron chi connectivity index (χ1n) is 8.56. The molecule has 0 unspecified atom stereocenters. The molecule has 4 N–H and O–H groups in total. The minimum Gasteiger partial charge on any atom is -0.478 e. The lowest BCUT2D eigenvalue weighted by Gasteiger charge is -2.10. The average molecular weight is 383 g/mol. The third-order valence-electron chi connectivity index (χ3n) is 4.09. The first-order chi connectivity index (χ1) is 13.3. The number of carboxylic acids is 1. The number of nitrogens with one attached hydrogen (secondary N) is 3. The molecule has 146 valence electrons. The van der Waals surface area contributed by atoms with Gasteiger partial charge in [-0.15, -0.1) is 0 Å². The number of anilines is 1. The van der Waals surface area contributed by atoms with E-state index in [2.05, 4.69) is 16.2 Å². The molecular formula is C20H21N3O5. The monoisotopic (exact) mass is 383 g/mol. The van der Waals surface area contributed by atoms with Crippen LogP contribution in [0.5, 0.6) is 0 Å². The van der Waals surface area contributed by atoms with Gasteiger partial charge in [-0.05, 0) is 49.2 Å². The zero-order chi connectivity index (χ0) is 20.7. The molecule has 0 radical (unpaired) electrons. The van der Waals surface area contributed by atoms with E-state index < -0.39 is 17.8 Å². The minimum atomic E-state index is -1.25. The Morgan fingerprint density at radius 1 is 0.821 bits per heavy atom. The number of carboxylic acid groups (broad SMARTS) is 1. The number of amides is 3. The number of rotatable bonds is 6. The maximum atomic E-state index is 12.0. The van der Waals surface area contributed by atoms with Crippen LogP contribution in [0.4, 0.5) is 5.69 Å². The van der Waals surface area contributed by atoms with Crippen LogP contribution in [0, 0.1) is 13.8 Å². The topological polar surface area (TPSA) is 125 Å². The van der Waals surface area contributed by atoms with Gasteiger partial charge in [0.25, 0.3) is 5.91 Å². The van der Waals surface area contributed by atoms with Gasteiger partial charge in [0.15, 0.2) is 0 Å². The molecule has 0 aliphatic rings. The van der Waals surface area contributed by atoms with Crippen LogP contribution >= 0.6 is 0 Å². The van der Waals surface area contributed by atoms with Gasteiger partial charge in [0, 0.05) is 18.5 Å². The first kappa shape index (κ1) is 20.6. The molecule has 0 aliphatic heterocycles. The van der Waals surface area contributed by atoms with Crippen LogP contribution in [0.2, 0.25) is 0 Å². The van der Waals surface area contributed by atoms with Crippen molar-refractivity contribution in [3.8, 4) is 0 Å². The molecule has 2 aromatic rings. The average Bonchev–Trinajstić information content (AvgIpc) is 2.67. The first-order valence-corrected chi connectivity index (χ1v) is 8.56. The molecule has 2 aromatic carbocycles. The third-order valence-corrected chi connectivity index (χ3v) is 4.09. The molecule has 0 saturated heterocycles. The van der Waals surface area contributed by atoms with E-state index in [4.69, 9.17) is 5.11 Å². The van der Waals surface area contributed by atoms with E-state index in [9.17, 15) is 19.2 Å². The van der Waals surface area contributed by atoms with Gasteiger partial charge >= 0.3 is 5.97 Å². The number of carbonyl (C=O) groups is 4. The molecule has 0 fully saturated rings. The highest BCUT2D eigenvalue weighted by Gasteiger charge is 2.16. The summed E-state index contributed by atoms with van der Waals surface area (Å²) in [5.74, 6) is -2.91. The van der Waals surface area contributed by atoms with Gasteiger partial charge in [-0.2, -0.15) is 0 Å². The van der Waals surface area contributed by atoms with E-state index in [1.165, 1.54) is 24.3 Å². The second kappa shape index (κ2) is 9.31. The SMILES string of the molecule is Cc1ccc(NC(=O)CCC(=O)NNC(=O)c2ccccc2C(=O)O)cc1C. The van der Waals surface area contributed by atoms with Crippen LogP contribution in [-0.2, 0) is 9.59 Å². The minimum absolute atomic E-state index is 0.0691. The van der Waals surface area contributed by atoms with Gasteiger partial charge in [0.05, 0.1) is 11.1 Å². The maximum Gasteiger partial charge on any atom is 0.336 e. The quantitative estimate of drug-likeness (QED) is 0.569. The summed E-state index contributed by atoms with van der Waals surface area (Å²) in [5, 5.41) is 11.8. The van der Waals surface area contributed by atoms with Gasteiger partial charge in [-0.25, -0.2) is 4.79 Å². The second-order valence-corrected chi connectivity index (χ2v) is 6.20. The Kier molecular flexibility index (Phi) is 6.86. The van der Waals surface area contributed by atoms with E-state index in [-0.39, 0.29) is 29.9 Å². The lowest BCUT2D eigenvalue weighted by atomic mass is 10.1. The van der Waals surface area contributed by atoms with Crippen molar-refractivity contribution >= 4 is 29.4 Å². The molecule has 2 rings (SSSR count). The summed E-state index contributed by atoms with van der Waals surface area (Å²) in [6, 6.07) is 11.1. The van der Waals surface area contributed by atoms with Crippen LogP contribution in [-0.4, -0.2) is 28.8 Å². The molecule has 0 aromatic heterocycles. The zero-order valence-corrected chi connectivity index (χ0v) is 15.5. The molecule has 0 spiro atoms. The van der Waals surface area contributed by atoms with Crippen molar-refractivity contribution < 1.29 is 24.3 Å². The standard InChI is InChI=1S/C20H21N3O5/c1-12-7-8-14(11-13(12)2)21-17(24)9-10-18(25)22-23-19(26)15-5-3-4-6-16(15)20(27)28/h3-8,11H,9-10H2,1-2H3,(H,21,24)(H,22,25)(H,23,26)(H,27,28). The molecule has 0 bridgehead atoms. The van der Waals surface area contributed by atoms with E-state index in [0.29, 0.717) is 5.69 Å². The number of carbonyl (C=O) groups excluding carboxylic acids is 3. The summed E-state index contributed by atoms with van der Waals surface area (Å²) in [6.45, 7) is 3.90. The molecule has 0 aliphatic carbocycles. The molecule has 0 saturated carbocycles. The smallest absolute Gasteiger partial charge is 0.336 e. The Balaban J connectivity index is 1.81. The van der Waals surface area contributed by atoms with Crippen LogP contribution in [0.1, 0.15) is 44.7 Å². The van der Waals surface area contributed by atoms with Crippen LogP contribution in [0.25, 0.3) is 0 Å². The number of hydrogen-bond acceptors (Lipinski definition) is 4. The van der Waals surface area contributed by atoms with Crippen LogP contribution in [0.15, 0.2) is 42.5 Å². The summed E-state index contributed by atoms with van der Waals surface area (Å²) in [4.78, 5) is 46.9. The molecule has 8 heteroatoms. The van der Waals surface area contributed by atoms with Gasteiger partial charge in [0.1, 0.15) is 0 Å². The molecule has 28 heavy (non-hydrogen) atoms. The Bertz CT molecular complexity index is 924. The maximum absolute atomic E-state index is 12.0. The highest BCUT2D eigenvalue weighted by molar-refractivity contribution is 6.05. The summed E-state index contributed by atoms with van der Waals surface area (Å²) in [6.07, 6.45) is -0.210. The summed E-state index contributed by atoms with van der Waals surface area (Å²) in [7, 11) is 0. The van der Waals surface area contributed by atoms with Crippen molar-refractivity contribution in [2.24, 2.45) is 0 Å². The second-order valence-electron chi connectivity index (χ2n) is 6.20. The number of aryl methyl sites for hydroxylation is 2. The van der Waals surface area contributed by atoms with E-state index in [0.717, 1.165) is 11.1 Å².